The number of thiazole rings is 2. The van der Waals surface area contributed by atoms with E-state index >= 15 is 0 Å². The molecule has 192 valence electrons. The molecule has 0 aliphatic rings. The third kappa shape index (κ3) is 4.25. The molecule has 0 bridgehead atoms. The molecule has 2 aromatic carbocycles. The Morgan fingerprint density at radius 3 is 1.65 bits per heavy atom. The van der Waals surface area contributed by atoms with E-state index in [-0.39, 0.29) is 0 Å². The molecule has 0 aliphatic carbocycles. The molecule has 0 aliphatic heterocycles. The zero-order chi connectivity index (χ0) is 27.2. The number of aryl methyl sites for hydroxylation is 1. The second kappa shape index (κ2) is 10.1. The molecular formula is C31H19N5S4. The number of thiophene rings is 2. The Morgan fingerprint density at radius 1 is 0.750 bits per heavy atom. The lowest BCUT2D eigenvalue weighted by Crippen LogP contribution is -1.94. The lowest BCUT2D eigenvalue weighted by atomic mass is 10.2. The number of rotatable bonds is 6. The third-order valence-electron chi connectivity index (χ3n) is 6.56. The van der Waals surface area contributed by atoms with Crippen molar-refractivity contribution in [3.8, 4) is 12.1 Å². The predicted octanol–water partition coefficient (Wildman–Crippen LogP) is 9.68. The first-order chi connectivity index (χ1) is 19.6. The first-order valence-corrected chi connectivity index (χ1v) is 15.9. The quantitative estimate of drug-likeness (QED) is 0.181. The van der Waals surface area contributed by atoms with Gasteiger partial charge in [0.25, 0.3) is 0 Å². The minimum absolute atomic E-state index is 0.577. The van der Waals surface area contributed by atoms with E-state index < -0.39 is 0 Å². The van der Waals surface area contributed by atoms with Gasteiger partial charge in [-0.3, -0.25) is 0 Å². The summed E-state index contributed by atoms with van der Waals surface area (Å²) in [6.07, 6.45) is 4.92. The Morgan fingerprint density at radius 2 is 1.23 bits per heavy atom. The Labute approximate surface area is 245 Å². The summed E-state index contributed by atoms with van der Waals surface area (Å²) in [4.78, 5) is 11.4. The fourth-order valence-corrected chi connectivity index (χ4v) is 9.03. The minimum Gasteiger partial charge on any atom is -0.339 e. The van der Waals surface area contributed by atoms with Gasteiger partial charge in [-0.2, -0.15) is 10.5 Å². The molecule has 0 amide bonds. The van der Waals surface area contributed by atoms with E-state index in [1.807, 2.05) is 60.7 Å². The largest absolute Gasteiger partial charge is 0.339 e. The van der Waals surface area contributed by atoms with E-state index in [1.165, 1.54) is 20.4 Å². The van der Waals surface area contributed by atoms with Crippen molar-refractivity contribution in [1.82, 2.24) is 14.5 Å². The van der Waals surface area contributed by atoms with Crippen LogP contribution in [0.3, 0.4) is 0 Å². The van der Waals surface area contributed by atoms with Crippen LogP contribution in [0.1, 0.15) is 33.1 Å². The molecule has 0 saturated carbocycles. The van der Waals surface area contributed by atoms with Gasteiger partial charge in [0.2, 0.25) is 0 Å². The molecule has 0 N–H and O–H groups in total. The van der Waals surface area contributed by atoms with E-state index in [4.69, 9.17) is 0 Å². The number of nitriles is 2. The lowest BCUT2D eigenvalue weighted by molar-refractivity contribution is 0.724. The molecule has 0 radical (unpaired) electrons. The highest BCUT2D eigenvalue weighted by Crippen LogP contribution is 2.42. The molecule has 0 saturated heterocycles. The van der Waals surface area contributed by atoms with Gasteiger partial charge >= 0.3 is 0 Å². The van der Waals surface area contributed by atoms with Gasteiger partial charge in [0.1, 0.15) is 22.2 Å². The number of fused-ring (bicyclic) bond motifs is 5. The number of hydrogen-bond acceptors (Lipinski definition) is 8. The smallest absolute Gasteiger partial charge is 0.135 e. The molecule has 40 heavy (non-hydrogen) atoms. The van der Waals surface area contributed by atoms with Gasteiger partial charge in [-0.1, -0.05) is 31.2 Å². The fraction of sp³-hybridized carbons (Fsp3) is 0.0968. The molecule has 5 heterocycles. The van der Waals surface area contributed by atoms with Crippen molar-refractivity contribution in [2.75, 3.05) is 0 Å². The van der Waals surface area contributed by atoms with Gasteiger partial charge in [-0.15, -0.1) is 45.3 Å². The fourth-order valence-electron chi connectivity index (χ4n) is 4.81. The SMILES string of the molecule is CCCn1c2cc(C=C(C#N)c3nc4ccccc4s3)sc2c2sc(C=C(C#N)c3nc4ccccc4s3)cc21. The van der Waals surface area contributed by atoms with E-state index in [0.717, 1.165) is 53.2 Å². The maximum absolute atomic E-state index is 9.97. The lowest BCUT2D eigenvalue weighted by Gasteiger charge is -2.02. The van der Waals surface area contributed by atoms with Crippen LogP contribution < -0.4 is 0 Å². The van der Waals surface area contributed by atoms with Crippen molar-refractivity contribution in [3.63, 3.8) is 0 Å². The Kier molecular flexibility index (Phi) is 6.30. The third-order valence-corrected chi connectivity index (χ3v) is 11.0. The van der Waals surface area contributed by atoms with Gasteiger partial charge in [0.15, 0.2) is 0 Å². The summed E-state index contributed by atoms with van der Waals surface area (Å²) in [5.41, 5.74) is 5.35. The number of nitrogens with zero attached hydrogens (tertiary/aromatic N) is 5. The zero-order valence-corrected chi connectivity index (χ0v) is 24.5. The molecule has 9 heteroatoms. The summed E-state index contributed by atoms with van der Waals surface area (Å²) >= 11 is 6.49. The van der Waals surface area contributed by atoms with Crippen LogP contribution in [0.15, 0.2) is 60.7 Å². The summed E-state index contributed by atoms with van der Waals surface area (Å²) in [7, 11) is 0. The van der Waals surface area contributed by atoms with Crippen molar-refractivity contribution in [2.24, 2.45) is 0 Å². The molecular weight excluding hydrogens is 571 g/mol. The van der Waals surface area contributed by atoms with Crippen molar-refractivity contribution in [1.29, 1.82) is 10.5 Å². The minimum atomic E-state index is 0.577. The molecule has 0 fully saturated rings. The zero-order valence-electron chi connectivity index (χ0n) is 21.2. The Bertz CT molecular complexity index is 2000. The van der Waals surface area contributed by atoms with Crippen LogP contribution in [0.25, 0.3) is 64.2 Å². The number of para-hydroxylation sites is 2. The van der Waals surface area contributed by atoms with Gasteiger partial charge in [0, 0.05) is 16.3 Å². The van der Waals surface area contributed by atoms with Crippen LogP contribution in [0.4, 0.5) is 0 Å². The molecule has 5 aromatic heterocycles. The Hall–Kier alpha value is -4.12. The van der Waals surface area contributed by atoms with Crippen molar-refractivity contribution >= 4 is 110 Å². The summed E-state index contributed by atoms with van der Waals surface area (Å²) in [5, 5.41) is 21.4. The van der Waals surface area contributed by atoms with E-state index in [9.17, 15) is 10.5 Å². The van der Waals surface area contributed by atoms with Crippen LogP contribution in [0.2, 0.25) is 0 Å². The highest BCUT2D eigenvalue weighted by molar-refractivity contribution is 7.28. The number of hydrogen-bond donors (Lipinski definition) is 0. The van der Waals surface area contributed by atoms with Gasteiger partial charge in [0.05, 0.1) is 52.0 Å². The standard InChI is InChI=1S/C31H19N5S4/c1-2-11-36-24-14-20(12-18(16-32)30-34-22-7-3-5-9-26(22)39-30)37-28(24)29-25(36)15-21(38-29)13-19(17-33)31-35-23-8-4-6-10-27(23)40-31/h3-10,12-15H,2,11H2,1H3. The first kappa shape index (κ1) is 24.9. The average Bonchev–Trinajstić information content (AvgIpc) is 3.78. The highest BCUT2D eigenvalue weighted by atomic mass is 32.1. The van der Waals surface area contributed by atoms with Crippen molar-refractivity contribution in [2.45, 2.75) is 19.9 Å². The molecule has 0 unspecified atom stereocenters. The molecule has 0 atom stereocenters. The summed E-state index contributed by atoms with van der Waals surface area (Å²) in [6, 6.07) is 25.0. The van der Waals surface area contributed by atoms with Gasteiger partial charge < -0.3 is 4.57 Å². The maximum atomic E-state index is 9.97. The highest BCUT2D eigenvalue weighted by Gasteiger charge is 2.18. The van der Waals surface area contributed by atoms with E-state index in [1.54, 1.807) is 45.3 Å². The van der Waals surface area contributed by atoms with E-state index in [2.05, 4.69) is 45.7 Å². The number of benzene rings is 2. The van der Waals surface area contributed by atoms with Crippen LogP contribution in [-0.2, 0) is 6.54 Å². The molecule has 7 rings (SSSR count). The number of aromatic nitrogens is 3. The summed E-state index contributed by atoms with van der Waals surface area (Å²) < 4.78 is 6.93. The van der Waals surface area contributed by atoms with Crippen LogP contribution in [-0.4, -0.2) is 14.5 Å². The molecule has 7 aromatic rings. The monoisotopic (exact) mass is 589 g/mol. The van der Waals surface area contributed by atoms with Crippen LogP contribution in [0.5, 0.6) is 0 Å². The average molecular weight is 590 g/mol. The first-order valence-electron chi connectivity index (χ1n) is 12.7. The van der Waals surface area contributed by atoms with Crippen LogP contribution >= 0.6 is 45.3 Å². The Balaban J connectivity index is 1.31. The second-order valence-electron chi connectivity index (χ2n) is 9.19. The van der Waals surface area contributed by atoms with Crippen molar-refractivity contribution in [3.05, 3.63) is 80.4 Å². The maximum Gasteiger partial charge on any atom is 0.135 e. The molecule has 0 spiro atoms. The van der Waals surface area contributed by atoms with Crippen molar-refractivity contribution < 1.29 is 0 Å². The van der Waals surface area contributed by atoms with E-state index in [0.29, 0.717) is 11.1 Å². The summed E-state index contributed by atoms with van der Waals surface area (Å²) in [6.45, 7) is 3.07. The summed E-state index contributed by atoms with van der Waals surface area (Å²) in [5.74, 6) is 0. The van der Waals surface area contributed by atoms with Crippen LogP contribution in [0, 0.1) is 22.7 Å². The second-order valence-corrected chi connectivity index (χ2v) is 13.4. The topological polar surface area (TPSA) is 78.3 Å². The normalized spacial score (nSPS) is 12.6. The molecule has 5 nitrogen and oxygen atoms in total. The van der Waals surface area contributed by atoms with Gasteiger partial charge in [-0.25, -0.2) is 9.97 Å². The van der Waals surface area contributed by atoms with Gasteiger partial charge in [-0.05, 0) is 55.0 Å². The number of allylic oxidation sites excluding steroid dienone is 2. The predicted molar refractivity (Wildman–Crippen MR) is 172 cm³/mol.